The average Bonchev–Trinajstić information content (AvgIpc) is 2.82. The van der Waals surface area contributed by atoms with E-state index in [0.717, 1.165) is 12.8 Å². The molecule has 3 heteroatoms. The van der Waals surface area contributed by atoms with Gasteiger partial charge in [-0.2, -0.15) is 0 Å². The van der Waals surface area contributed by atoms with Crippen LogP contribution in [0.2, 0.25) is 0 Å². The Morgan fingerprint density at radius 2 is 0.694 bits per heavy atom. The predicted octanol–water partition coefficient (Wildman–Crippen LogP) is 9.77. The fourth-order valence-corrected chi connectivity index (χ4v) is 3.08. The highest BCUT2D eigenvalue weighted by atomic mass is 14.6. The van der Waals surface area contributed by atoms with E-state index in [2.05, 4.69) is 114 Å². The SMILES string of the molecule is CC.CC.CC(C)(C)Cc1ccncc1.CC(C)(C)Cc1ccncc1.CC(C)(C)c1ccncc1. The number of rotatable bonds is 2. The van der Waals surface area contributed by atoms with E-state index in [9.17, 15) is 0 Å². The van der Waals surface area contributed by atoms with Gasteiger partial charge in [0, 0.05) is 37.2 Å². The normalized spacial score (nSPS) is 10.6. The third kappa shape index (κ3) is 20.8. The maximum Gasteiger partial charge on any atom is 0.0270 e. The lowest BCUT2D eigenvalue weighted by Crippen LogP contribution is -2.10. The first-order valence-corrected chi connectivity index (χ1v) is 13.4. The molecule has 3 rings (SSSR count). The molecule has 0 aromatic carbocycles. The van der Waals surface area contributed by atoms with Crippen molar-refractivity contribution in [2.75, 3.05) is 0 Å². The lowest BCUT2D eigenvalue weighted by molar-refractivity contribution is 0.411. The van der Waals surface area contributed by atoms with Crippen molar-refractivity contribution in [3.8, 4) is 0 Å². The van der Waals surface area contributed by atoms with Crippen molar-refractivity contribution in [2.24, 2.45) is 10.8 Å². The van der Waals surface area contributed by atoms with Gasteiger partial charge in [-0.15, -0.1) is 0 Å². The second kappa shape index (κ2) is 18.7. The molecular weight excluding hydrogens is 438 g/mol. The summed E-state index contributed by atoms with van der Waals surface area (Å²) in [5, 5.41) is 0. The van der Waals surface area contributed by atoms with E-state index < -0.39 is 0 Å². The third-order valence-electron chi connectivity index (χ3n) is 4.51. The summed E-state index contributed by atoms with van der Waals surface area (Å²) in [6.45, 7) is 28.1. The highest BCUT2D eigenvalue weighted by molar-refractivity contribution is 5.18. The lowest BCUT2D eigenvalue weighted by Gasteiger charge is -2.17. The van der Waals surface area contributed by atoms with Crippen LogP contribution in [0, 0.1) is 10.8 Å². The Morgan fingerprint density at radius 1 is 0.444 bits per heavy atom. The number of aromatic nitrogens is 3. The Morgan fingerprint density at radius 3 is 0.889 bits per heavy atom. The van der Waals surface area contributed by atoms with Gasteiger partial charge < -0.3 is 0 Å². The minimum atomic E-state index is 0.253. The Labute approximate surface area is 224 Å². The first-order valence-electron chi connectivity index (χ1n) is 13.4. The maximum absolute atomic E-state index is 3.98. The van der Waals surface area contributed by atoms with Crippen LogP contribution in [0.25, 0.3) is 0 Å². The van der Waals surface area contributed by atoms with Gasteiger partial charge >= 0.3 is 0 Å². The first kappa shape index (κ1) is 35.6. The third-order valence-corrected chi connectivity index (χ3v) is 4.51. The molecule has 3 aromatic rings. The molecule has 3 nitrogen and oxygen atoms in total. The first-order chi connectivity index (χ1) is 16.8. The van der Waals surface area contributed by atoms with Gasteiger partial charge in [0.1, 0.15) is 0 Å². The minimum Gasteiger partial charge on any atom is -0.265 e. The van der Waals surface area contributed by atoms with Gasteiger partial charge in [-0.1, -0.05) is 90.0 Å². The number of pyridine rings is 3. The topological polar surface area (TPSA) is 38.7 Å². The number of hydrogen-bond acceptors (Lipinski definition) is 3. The van der Waals surface area contributed by atoms with Crippen molar-refractivity contribution in [1.82, 2.24) is 15.0 Å². The summed E-state index contributed by atoms with van der Waals surface area (Å²) in [5.41, 5.74) is 5.08. The lowest BCUT2D eigenvalue weighted by atomic mass is 9.88. The molecule has 0 saturated heterocycles. The zero-order chi connectivity index (χ0) is 28.3. The van der Waals surface area contributed by atoms with Gasteiger partial charge in [-0.05, 0) is 82.2 Å². The molecule has 0 N–H and O–H groups in total. The second-order valence-corrected chi connectivity index (χ2v) is 11.7. The summed E-state index contributed by atoms with van der Waals surface area (Å²) >= 11 is 0. The molecular formula is C33H55N3. The van der Waals surface area contributed by atoms with Crippen LogP contribution in [0.4, 0.5) is 0 Å². The summed E-state index contributed by atoms with van der Waals surface area (Å²) in [7, 11) is 0. The van der Waals surface area contributed by atoms with Crippen LogP contribution in [0.15, 0.2) is 73.6 Å². The van der Waals surface area contributed by atoms with Crippen LogP contribution in [-0.4, -0.2) is 15.0 Å². The van der Waals surface area contributed by atoms with Crippen molar-refractivity contribution in [3.05, 3.63) is 90.3 Å². The summed E-state index contributed by atoms with van der Waals surface area (Å²) < 4.78 is 0. The molecule has 0 amide bonds. The Kier molecular flexibility index (Phi) is 18.5. The second-order valence-electron chi connectivity index (χ2n) is 11.7. The molecule has 0 atom stereocenters. The highest BCUT2D eigenvalue weighted by Gasteiger charge is 2.12. The zero-order valence-corrected chi connectivity index (χ0v) is 25.7. The van der Waals surface area contributed by atoms with E-state index in [4.69, 9.17) is 0 Å². The van der Waals surface area contributed by atoms with E-state index in [0.29, 0.717) is 10.8 Å². The van der Waals surface area contributed by atoms with E-state index in [-0.39, 0.29) is 5.41 Å². The van der Waals surface area contributed by atoms with Crippen LogP contribution in [-0.2, 0) is 18.3 Å². The number of nitrogens with zero attached hydrogens (tertiary/aromatic N) is 3. The summed E-state index contributed by atoms with van der Waals surface area (Å²) in [6, 6.07) is 12.4. The minimum absolute atomic E-state index is 0.253. The van der Waals surface area contributed by atoms with E-state index >= 15 is 0 Å². The van der Waals surface area contributed by atoms with Crippen LogP contribution < -0.4 is 0 Å². The van der Waals surface area contributed by atoms with Crippen LogP contribution in [0.3, 0.4) is 0 Å². The molecule has 0 bridgehead atoms. The van der Waals surface area contributed by atoms with Crippen molar-refractivity contribution in [2.45, 2.75) is 108 Å². The van der Waals surface area contributed by atoms with Crippen molar-refractivity contribution < 1.29 is 0 Å². The van der Waals surface area contributed by atoms with Gasteiger partial charge in [0.25, 0.3) is 0 Å². The maximum atomic E-state index is 3.98. The van der Waals surface area contributed by atoms with Gasteiger partial charge in [0.05, 0.1) is 0 Å². The summed E-state index contributed by atoms with van der Waals surface area (Å²) in [6.07, 6.45) is 13.3. The fourth-order valence-electron chi connectivity index (χ4n) is 3.08. The van der Waals surface area contributed by atoms with E-state index in [1.807, 2.05) is 64.9 Å². The quantitative estimate of drug-likeness (QED) is 0.356. The van der Waals surface area contributed by atoms with Crippen molar-refractivity contribution in [1.29, 1.82) is 0 Å². The Hall–Kier alpha value is -2.55. The highest BCUT2D eigenvalue weighted by Crippen LogP contribution is 2.21. The molecule has 0 aliphatic heterocycles. The van der Waals surface area contributed by atoms with Gasteiger partial charge in [-0.3, -0.25) is 15.0 Å². The molecule has 0 unspecified atom stereocenters. The molecule has 0 spiro atoms. The largest absolute Gasteiger partial charge is 0.265 e. The fraction of sp³-hybridized carbons (Fsp3) is 0.545. The molecule has 3 aromatic heterocycles. The molecule has 36 heavy (non-hydrogen) atoms. The van der Waals surface area contributed by atoms with Gasteiger partial charge in [0.2, 0.25) is 0 Å². The molecule has 0 saturated carbocycles. The smallest absolute Gasteiger partial charge is 0.0270 e. The monoisotopic (exact) mass is 493 g/mol. The molecule has 0 fully saturated rings. The van der Waals surface area contributed by atoms with Crippen molar-refractivity contribution in [3.63, 3.8) is 0 Å². The Bertz CT molecular complexity index is 803. The van der Waals surface area contributed by atoms with E-state index in [1.54, 1.807) is 0 Å². The molecule has 0 radical (unpaired) electrons. The summed E-state index contributed by atoms with van der Waals surface area (Å²) in [4.78, 5) is 11.9. The molecule has 3 heterocycles. The molecule has 0 aliphatic rings. The van der Waals surface area contributed by atoms with Crippen LogP contribution in [0.5, 0.6) is 0 Å². The van der Waals surface area contributed by atoms with Crippen molar-refractivity contribution >= 4 is 0 Å². The summed E-state index contributed by atoms with van der Waals surface area (Å²) in [5.74, 6) is 0. The Balaban J connectivity index is 0. The van der Waals surface area contributed by atoms with Gasteiger partial charge in [-0.25, -0.2) is 0 Å². The zero-order valence-electron chi connectivity index (χ0n) is 25.7. The van der Waals surface area contributed by atoms with Crippen LogP contribution >= 0.6 is 0 Å². The van der Waals surface area contributed by atoms with Gasteiger partial charge in [0.15, 0.2) is 0 Å². The predicted molar refractivity (Wildman–Crippen MR) is 160 cm³/mol. The van der Waals surface area contributed by atoms with E-state index in [1.165, 1.54) is 16.7 Å². The molecule has 202 valence electrons. The molecule has 0 aliphatic carbocycles. The van der Waals surface area contributed by atoms with Crippen LogP contribution in [0.1, 0.15) is 107 Å². The standard InChI is InChI=1S/2C10H15N.C9H13N.2C2H6/c2*1-10(2,3)8-9-4-6-11-7-5-9;1-9(2,3)8-4-6-10-7-5-8;2*1-2/h2*4-7H,8H2,1-3H3;4-7H,1-3H3;2*1-2H3. The number of hydrogen-bond donors (Lipinski definition) is 0. The average molecular weight is 494 g/mol.